The predicted octanol–water partition coefficient (Wildman–Crippen LogP) is 3.44. The first-order valence-electron chi connectivity index (χ1n) is 7.97. The van der Waals surface area contributed by atoms with Crippen LogP contribution in [0, 0.1) is 6.92 Å². The van der Waals surface area contributed by atoms with E-state index in [1.807, 2.05) is 42.1 Å². The Morgan fingerprint density at radius 3 is 2.74 bits per heavy atom. The first-order chi connectivity index (χ1) is 11.1. The highest BCUT2D eigenvalue weighted by Gasteiger charge is 2.10. The summed E-state index contributed by atoms with van der Waals surface area (Å²) in [4.78, 5) is 0. The van der Waals surface area contributed by atoms with Gasteiger partial charge in [-0.1, -0.05) is 29.8 Å². The van der Waals surface area contributed by atoms with Crippen LogP contribution in [0.15, 0.2) is 48.5 Å². The van der Waals surface area contributed by atoms with Crippen molar-refractivity contribution in [3.05, 3.63) is 59.8 Å². The predicted molar refractivity (Wildman–Crippen MR) is 93.7 cm³/mol. The first-order valence-corrected chi connectivity index (χ1v) is 7.97. The average molecular weight is 309 g/mol. The standard InChI is InChI=1S/C19H23N3O/c1-14-9-10-19-17(11-14)18(21-22(19)3)12-20-15(2)13-23-16-7-5-4-6-8-16/h4-11,15,20H,12-13H2,1-3H3. The molecule has 1 N–H and O–H groups in total. The zero-order chi connectivity index (χ0) is 16.2. The van der Waals surface area contributed by atoms with Crippen molar-refractivity contribution in [3.63, 3.8) is 0 Å². The maximum Gasteiger partial charge on any atom is 0.119 e. The number of hydrogen-bond donors (Lipinski definition) is 1. The van der Waals surface area contributed by atoms with E-state index in [9.17, 15) is 0 Å². The molecule has 0 amide bonds. The minimum Gasteiger partial charge on any atom is -0.492 e. The van der Waals surface area contributed by atoms with Crippen molar-refractivity contribution in [3.8, 4) is 5.75 Å². The third-order valence-electron chi connectivity index (χ3n) is 3.94. The van der Waals surface area contributed by atoms with E-state index in [-0.39, 0.29) is 6.04 Å². The number of fused-ring (bicyclic) bond motifs is 1. The Morgan fingerprint density at radius 1 is 1.17 bits per heavy atom. The van der Waals surface area contributed by atoms with Gasteiger partial charge in [0.25, 0.3) is 0 Å². The van der Waals surface area contributed by atoms with E-state index in [2.05, 4.69) is 42.5 Å². The number of nitrogens with one attached hydrogen (secondary N) is 1. The molecule has 0 saturated heterocycles. The van der Waals surface area contributed by atoms with Crippen LogP contribution in [-0.2, 0) is 13.6 Å². The fourth-order valence-electron chi connectivity index (χ4n) is 2.65. The Hall–Kier alpha value is -2.33. The summed E-state index contributed by atoms with van der Waals surface area (Å²) in [5.41, 5.74) is 3.51. The highest BCUT2D eigenvalue weighted by molar-refractivity contribution is 5.82. The average Bonchev–Trinajstić information content (AvgIpc) is 2.87. The van der Waals surface area contributed by atoms with Crippen molar-refractivity contribution in [1.29, 1.82) is 0 Å². The van der Waals surface area contributed by atoms with E-state index in [1.165, 1.54) is 16.5 Å². The lowest BCUT2D eigenvalue weighted by Gasteiger charge is -2.14. The van der Waals surface area contributed by atoms with E-state index in [1.54, 1.807) is 0 Å². The molecule has 120 valence electrons. The van der Waals surface area contributed by atoms with Crippen LogP contribution in [0.25, 0.3) is 10.9 Å². The lowest BCUT2D eigenvalue weighted by atomic mass is 10.1. The molecule has 1 atom stereocenters. The van der Waals surface area contributed by atoms with E-state index >= 15 is 0 Å². The molecule has 0 aliphatic heterocycles. The lowest BCUT2D eigenvalue weighted by Crippen LogP contribution is -2.31. The van der Waals surface area contributed by atoms with E-state index in [0.717, 1.165) is 18.0 Å². The van der Waals surface area contributed by atoms with E-state index in [0.29, 0.717) is 6.61 Å². The van der Waals surface area contributed by atoms with Crippen molar-refractivity contribution in [2.45, 2.75) is 26.4 Å². The number of benzene rings is 2. The number of aromatic nitrogens is 2. The van der Waals surface area contributed by atoms with Gasteiger partial charge in [0, 0.05) is 25.0 Å². The van der Waals surface area contributed by atoms with Crippen molar-refractivity contribution in [1.82, 2.24) is 15.1 Å². The zero-order valence-corrected chi connectivity index (χ0v) is 13.9. The van der Waals surface area contributed by atoms with Gasteiger partial charge in [-0.3, -0.25) is 4.68 Å². The molecule has 3 aromatic rings. The quantitative estimate of drug-likeness (QED) is 0.758. The Morgan fingerprint density at radius 2 is 1.96 bits per heavy atom. The molecule has 23 heavy (non-hydrogen) atoms. The van der Waals surface area contributed by atoms with E-state index < -0.39 is 0 Å². The van der Waals surface area contributed by atoms with Gasteiger partial charge in [0.2, 0.25) is 0 Å². The highest BCUT2D eigenvalue weighted by Crippen LogP contribution is 2.19. The molecule has 0 saturated carbocycles. The molecule has 0 fully saturated rings. The molecule has 3 rings (SSSR count). The van der Waals surface area contributed by atoms with Crippen LogP contribution < -0.4 is 10.1 Å². The largest absolute Gasteiger partial charge is 0.492 e. The summed E-state index contributed by atoms with van der Waals surface area (Å²) in [6, 6.07) is 16.6. The van der Waals surface area contributed by atoms with Crippen LogP contribution in [0.3, 0.4) is 0 Å². The van der Waals surface area contributed by atoms with Crippen LogP contribution in [0.5, 0.6) is 5.75 Å². The molecule has 0 spiro atoms. The Labute approximate surface area is 137 Å². The molecular formula is C19H23N3O. The zero-order valence-electron chi connectivity index (χ0n) is 13.9. The van der Waals surface area contributed by atoms with Crippen LogP contribution in [0.2, 0.25) is 0 Å². The van der Waals surface area contributed by atoms with Gasteiger partial charge in [-0.2, -0.15) is 5.10 Å². The highest BCUT2D eigenvalue weighted by atomic mass is 16.5. The maximum absolute atomic E-state index is 5.78. The number of para-hydroxylation sites is 1. The summed E-state index contributed by atoms with van der Waals surface area (Å²) in [7, 11) is 1.99. The van der Waals surface area contributed by atoms with Crippen molar-refractivity contribution < 1.29 is 4.74 Å². The normalized spacial score (nSPS) is 12.5. The Balaban J connectivity index is 1.61. The molecule has 2 aromatic carbocycles. The summed E-state index contributed by atoms with van der Waals surface area (Å²) in [5, 5.41) is 9.35. The molecule has 1 unspecified atom stereocenters. The van der Waals surface area contributed by atoms with Crippen molar-refractivity contribution in [2.24, 2.45) is 7.05 Å². The minimum atomic E-state index is 0.247. The second-order valence-electron chi connectivity index (χ2n) is 6.00. The molecule has 1 heterocycles. The number of hydrogen-bond acceptors (Lipinski definition) is 3. The van der Waals surface area contributed by atoms with Gasteiger partial charge < -0.3 is 10.1 Å². The summed E-state index contributed by atoms with van der Waals surface area (Å²) >= 11 is 0. The number of nitrogens with zero attached hydrogens (tertiary/aromatic N) is 2. The van der Waals surface area contributed by atoms with Crippen LogP contribution in [0.4, 0.5) is 0 Å². The summed E-state index contributed by atoms with van der Waals surface area (Å²) in [6.45, 7) is 5.60. The maximum atomic E-state index is 5.78. The van der Waals surface area contributed by atoms with E-state index in [4.69, 9.17) is 4.74 Å². The fourth-order valence-corrected chi connectivity index (χ4v) is 2.65. The number of aryl methyl sites for hydroxylation is 2. The molecular weight excluding hydrogens is 286 g/mol. The van der Waals surface area contributed by atoms with Gasteiger partial charge in [-0.05, 0) is 38.1 Å². The van der Waals surface area contributed by atoms with Crippen LogP contribution >= 0.6 is 0 Å². The second-order valence-corrected chi connectivity index (χ2v) is 6.00. The van der Waals surface area contributed by atoms with Gasteiger partial charge in [-0.25, -0.2) is 0 Å². The molecule has 0 bridgehead atoms. The van der Waals surface area contributed by atoms with Gasteiger partial charge >= 0.3 is 0 Å². The molecule has 0 aliphatic rings. The smallest absolute Gasteiger partial charge is 0.119 e. The number of rotatable bonds is 6. The van der Waals surface area contributed by atoms with Crippen LogP contribution in [-0.4, -0.2) is 22.4 Å². The van der Waals surface area contributed by atoms with Crippen molar-refractivity contribution >= 4 is 10.9 Å². The second kappa shape index (κ2) is 6.84. The lowest BCUT2D eigenvalue weighted by molar-refractivity contribution is 0.272. The topological polar surface area (TPSA) is 39.1 Å². The third kappa shape index (κ3) is 3.71. The summed E-state index contributed by atoms with van der Waals surface area (Å²) in [6.07, 6.45) is 0. The van der Waals surface area contributed by atoms with Gasteiger partial charge in [0.1, 0.15) is 12.4 Å². The Bertz CT molecular complexity index is 780. The molecule has 1 aromatic heterocycles. The summed E-state index contributed by atoms with van der Waals surface area (Å²) < 4.78 is 7.72. The van der Waals surface area contributed by atoms with Gasteiger partial charge in [-0.15, -0.1) is 0 Å². The van der Waals surface area contributed by atoms with Crippen LogP contribution in [0.1, 0.15) is 18.2 Å². The van der Waals surface area contributed by atoms with Gasteiger partial charge in [0.05, 0.1) is 11.2 Å². The molecule has 0 aliphatic carbocycles. The first kappa shape index (κ1) is 15.6. The number of ether oxygens (including phenoxy) is 1. The monoisotopic (exact) mass is 309 g/mol. The van der Waals surface area contributed by atoms with Crippen molar-refractivity contribution in [2.75, 3.05) is 6.61 Å². The Kier molecular flexibility index (Phi) is 4.63. The summed E-state index contributed by atoms with van der Waals surface area (Å²) in [5.74, 6) is 0.903. The molecule has 4 heteroatoms. The fraction of sp³-hybridized carbons (Fsp3) is 0.316. The molecule has 0 radical (unpaired) electrons. The molecule has 4 nitrogen and oxygen atoms in total. The SMILES string of the molecule is Cc1ccc2c(c1)c(CNC(C)COc1ccccc1)nn2C. The minimum absolute atomic E-state index is 0.247. The third-order valence-corrected chi connectivity index (χ3v) is 3.94. The van der Waals surface area contributed by atoms with Gasteiger partial charge in [0.15, 0.2) is 0 Å².